The van der Waals surface area contributed by atoms with Crippen LogP contribution in [0.4, 0.5) is 0 Å². The molecule has 1 atom stereocenters. The molecule has 180 valence electrons. The van der Waals surface area contributed by atoms with E-state index >= 15 is 0 Å². The van der Waals surface area contributed by atoms with Crippen molar-refractivity contribution >= 4 is 23.8 Å². The van der Waals surface area contributed by atoms with E-state index in [-0.39, 0.29) is 24.1 Å². The molecular formula is C27H33N3O3S. The average molecular weight is 480 g/mol. The minimum atomic E-state index is -0.0437. The third-order valence-corrected chi connectivity index (χ3v) is 7.48. The van der Waals surface area contributed by atoms with Crippen molar-refractivity contribution in [2.75, 3.05) is 52.4 Å². The second-order valence-corrected chi connectivity index (χ2v) is 9.96. The number of carbonyl (C=O) groups excluding carboxylic acids is 1. The van der Waals surface area contributed by atoms with Crippen molar-refractivity contribution in [1.29, 1.82) is 0 Å². The number of hydrogen-bond acceptors (Lipinski definition) is 7. The minimum absolute atomic E-state index is 0.00404. The van der Waals surface area contributed by atoms with E-state index in [1.807, 2.05) is 18.2 Å². The molecule has 1 aliphatic heterocycles. The van der Waals surface area contributed by atoms with Gasteiger partial charge in [-0.2, -0.15) is 0 Å². The lowest BCUT2D eigenvalue weighted by molar-refractivity contribution is -0.116. The molecule has 1 unspecified atom stereocenters. The molecule has 7 heteroatoms. The first-order valence-corrected chi connectivity index (χ1v) is 12.8. The number of rotatable bonds is 9. The van der Waals surface area contributed by atoms with Crippen molar-refractivity contribution in [3.63, 3.8) is 0 Å². The lowest BCUT2D eigenvalue weighted by Crippen LogP contribution is -2.47. The van der Waals surface area contributed by atoms with Gasteiger partial charge in [-0.15, -0.1) is 0 Å². The van der Waals surface area contributed by atoms with Gasteiger partial charge >= 0.3 is 0 Å². The van der Waals surface area contributed by atoms with Crippen LogP contribution in [-0.2, 0) is 4.79 Å². The normalized spacial score (nSPS) is 20.4. The van der Waals surface area contributed by atoms with Crippen LogP contribution in [0.3, 0.4) is 0 Å². The van der Waals surface area contributed by atoms with Crippen molar-refractivity contribution in [2.45, 2.75) is 28.6 Å². The molecule has 1 heterocycles. The van der Waals surface area contributed by atoms with Gasteiger partial charge in [-0.3, -0.25) is 19.6 Å². The van der Waals surface area contributed by atoms with Crippen LogP contribution >= 0.6 is 11.8 Å². The summed E-state index contributed by atoms with van der Waals surface area (Å²) in [6.45, 7) is 6.23. The fourth-order valence-electron chi connectivity index (χ4n) is 4.46. The van der Waals surface area contributed by atoms with Gasteiger partial charge < -0.3 is 10.2 Å². The van der Waals surface area contributed by atoms with Crippen molar-refractivity contribution < 1.29 is 15.0 Å². The van der Waals surface area contributed by atoms with Gasteiger partial charge in [0, 0.05) is 68.1 Å². The number of aliphatic hydroxyl groups is 2. The number of benzene rings is 2. The second-order valence-electron chi connectivity index (χ2n) is 8.82. The minimum Gasteiger partial charge on any atom is -0.511 e. The number of ketones is 1. The van der Waals surface area contributed by atoms with Crippen LogP contribution in [0.5, 0.6) is 0 Å². The Morgan fingerprint density at radius 1 is 0.912 bits per heavy atom. The highest BCUT2D eigenvalue weighted by molar-refractivity contribution is 7.99. The zero-order chi connectivity index (χ0) is 23.8. The van der Waals surface area contributed by atoms with E-state index in [9.17, 15) is 9.90 Å². The summed E-state index contributed by atoms with van der Waals surface area (Å²) in [5, 5.41) is 19.6. The molecule has 4 rings (SSSR count). The van der Waals surface area contributed by atoms with E-state index in [2.05, 4.69) is 51.2 Å². The Morgan fingerprint density at radius 3 is 2.21 bits per heavy atom. The summed E-state index contributed by atoms with van der Waals surface area (Å²) in [6.07, 6.45) is 2.42. The second kappa shape index (κ2) is 12.3. The highest BCUT2D eigenvalue weighted by atomic mass is 32.2. The zero-order valence-electron chi connectivity index (χ0n) is 19.5. The van der Waals surface area contributed by atoms with Gasteiger partial charge in [-0.05, 0) is 35.7 Å². The van der Waals surface area contributed by atoms with Crippen molar-refractivity contribution in [3.05, 3.63) is 71.5 Å². The van der Waals surface area contributed by atoms with Gasteiger partial charge in [0.1, 0.15) is 5.76 Å². The molecule has 6 nitrogen and oxygen atoms in total. The van der Waals surface area contributed by atoms with E-state index in [1.165, 1.54) is 4.90 Å². The Hall–Kier alpha value is -2.45. The van der Waals surface area contributed by atoms with Crippen LogP contribution in [0.2, 0.25) is 0 Å². The molecule has 0 aromatic heterocycles. The molecule has 2 aromatic rings. The van der Waals surface area contributed by atoms with Gasteiger partial charge in [-0.1, -0.05) is 42.1 Å². The highest BCUT2D eigenvalue weighted by Gasteiger charge is 2.27. The van der Waals surface area contributed by atoms with E-state index in [0.717, 1.165) is 49.7 Å². The van der Waals surface area contributed by atoms with E-state index < -0.39 is 0 Å². The summed E-state index contributed by atoms with van der Waals surface area (Å²) in [5.74, 6) is 0.0962. The first-order chi connectivity index (χ1) is 16.6. The maximum atomic E-state index is 12.7. The summed E-state index contributed by atoms with van der Waals surface area (Å²) < 4.78 is 0. The summed E-state index contributed by atoms with van der Waals surface area (Å²) >= 11 is 1.71. The lowest BCUT2D eigenvalue weighted by atomic mass is 9.83. The number of β-amino-alcohol motifs (C(OH)–C–C–N with tert-alkyl or cyclic N) is 1. The molecule has 1 saturated heterocycles. The first kappa shape index (κ1) is 24.7. The topological polar surface area (TPSA) is 76.4 Å². The predicted molar refractivity (Wildman–Crippen MR) is 137 cm³/mol. The Morgan fingerprint density at radius 2 is 1.56 bits per heavy atom. The number of aliphatic hydroxyl groups excluding tert-OH is 2. The average Bonchev–Trinajstić information content (AvgIpc) is 2.85. The molecule has 2 N–H and O–H groups in total. The maximum Gasteiger partial charge on any atom is 0.168 e. The molecule has 2 aromatic carbocycles. The number of hydrogen-bond donors (Lipinski definition) is 2. The van der Waals surface area contributed by atoms with Crippen LogP contribution in [0.25, 0.3) is 0 Å². The Labute approximate surface area is 206 Å². The van der Waals surface area contributed by atoms with Gasteiger partial charge in [0.2, 0.25) is 0 Å². The zero-order valence-corrected chi connectivity index (χ0v) is 20.3. The van der Waals surface area contributed by atoms with Crippen molar-refractivity contribution in [3.8, 4) is 0 Å². The highest BCUT2D eigenvalue weighted by Crippen LogP contribution is 2.35. The summed E-state index contributed by atoms with van der Waals surface area (Å²) in [7, 11) is 0. The van der Waals surface area contributed by atoms with Crippen LogP contribution in [0.1, 0.15) is 24.3 Å². The van der Waals surface area contributed by atoms with Crippen molar-refractivity contribution in [1.82, 2.24) is 9.80 Å². The number of aliphatic imine (C=N–C) groups is 1. The molecule has 0 spiro atoms. The van der Waals surface area contributed by atoms with E-state index in [0.29, 0.717) is 25.0 Å². The van der Waals surface area contributed by atoms with Gasteiger partial charge in [-0.25, -0.2) is 0 Å². The number of piperazine rings is 1. The molecular weight excluding hydrogens is 446 g/mol. The SMILES string of the molecule is O=C1CC(c2ccc(Sc3ccccc3)cc2)CC(O)=C1C=NCCN1CCN(CCO)CC1. The third kappa shape index (κ3) is 6.79. The quantitative estimate of drug-likeness (QED) is 0.533. The molecule has 0 saturated carbocycles. The Kier molecular flexibility index (Phi) is 8.93. The van der Waals surface area contributed by atoms with Crippen molar-refractivity contribution in [2.24, 2.45) is 4.99 Å². The molecule has 0 radical (unpaired) electrons. The fraction of sp³-hybridized carbons (Fsp3) is 0.407. The Bertz CT molecular complexity index is 1000. The number of nitrogens with zero attached hydrogens (tertiary/aromatic N) is 3. The molecule has 0 amide bonds. The Balaban J connectivity index is 1.27. The fourth-order valence-corrected chi connectivity index (χ4v) is 5.30. The van der Waals surface area contributed by atoms with Crippen LogP contribution in [0, 0.1) is 0 Å². The largest absolute Gasteiger partial charge is 0.511 e. The van der Waals surface area contributed by atoms with Crippen LogP contribution in [0.15, 0.2) is 80.7 Å². The number of allylic oxidation sites excluding steroid dienone is 2. The van der Waals surface area contributed by atoms with E-state index in [1.54, 1.807) is 18.0 Å². The molecule has 34 heavy (non-hydrogen) atoms. The van der Waals surface area contributed by atoms with Crippen LogP contribution in [-0.4, -0.2) is 84.4 Å². The van der Waals surface area contributed by atoms with E-state index in [4.69, 9.17) is 5.11 Å². The lowest BCUT2D eigenvalue weighted by Gasteiger charge is -2.33. The predicted octanol–water partition coefficient (Wildman–Crippen LogP) is 3.78. The summed E-state index contributed by atoms with van der Waals surface area (Å²) in [5.41, 5.74) is 1.44. The van der Waals surface area contributed by atoms with Gasteiger partial charge in [0.25, 0.3) is 0 Å². The first-order valence-electron chi connectivity index (χ1n) is 12.0. The molecule has 2 aliphatic rings. The standard InChI is InChI=1S/C27H33N3O3S/c31-17-16-30-14-12-29(13-15-30)11-10-28-20-25-26(32)18-22(19-27(25)33)21-6-8-24(9-7-21)34-23-4-2-1-3-5-23/h1-9,20,22,31-32H,10-19H2. The number of carbonyl (C=O) groups is 1. The van der Waals surface area contributed by atoms with Crippen LogP contribution < -0.4 is 0 Å². The monoisotopic (exact) mass is 479 g/mol. The summed E-state index contributed by atoms with van der Waals surface area (Å²) in [6, 6.07) is 18.5. The maximum absolute atomic E-state index is 12.7. The summed E-state index contributed by atoms with van der Waals surface area (Å²) in [4.78, 5) is 24.1. The molecule has 1 aliphatic carbocycles. The smallest absolute Gasteiger partial charge is 0.168 e. The molecule has 1 fully saturated rings. The third-order valence-electron chi connectivity index (χ3n) is 6.46. The van der Waals surface area contributed by atoms with Gasteiger partial charge in [0.15, 0.2) is 5.78 Å². The van der Waals surface area contributed by atoms with Gasteiger partial charge in [0.05, 0.1) is 18.7 Å². The molecule has 0 bridgehead atoms. The number of Topliss-reactive ketones (excluding diaryl/α,β-unsaturated/α-hetero) is 1.